The Labute approximate surface area is 181 Å². The third kappa shape index (κ3) is 4.73. The lowest BCUT2D eigenvalue weighted by atomic mass is 10.1. The molecule has 0 aliphatic heterocycles. The van der Waals surface area contributed by atoms with Crippen LogP contribution in [0.3, 0.4) is 0 Å². The van der Waals surface area contributed by atoms with Crippen LogP contribution in [0.4, 0.5) is 4.39 Å². The molecule has 2 aromatic heterocycles. The Bertz CT molecular complexity index is 1250. The van der Waals surface area contributed by atoms with Crippen molar-refractivity contribution in [3.05, 3.63) is 95.2 Å². The number of rotatable bonds is 6. The summed E-state index contributed by atoms with van der Waals surface area (Å²) >= 11 is 5.94. The average molecular weight is 438 g/mol. The van der Waals surface area contributed by atoms with E-state index in [1.165, 1.54) is 24.3 Å². The molecule has 0 aliphatic rings. The Morgan fingerprint density at radius 3 is 2.35 bits per heavy atom. The number of benzene rings is 2. The fourth-order valence-corrected chi connectivity index (χ4v) is 3.33. The summed E-state index contributed by atoms with van der Waals surface area (Å²) in [6, 6.07) is 15.3. The number of carboxylic acids is 1. The highest BCUT2D eigenvalue weighted by molar-refractivity contribution is 6.30. The van der Waals surface area contributed by atoms with Crippen molar-refractivity contribution in [2.24, 2.45) is 0 Å². The van der Waals surface area contributed by atoms with Crippen LogP contribution in [-0.2, 0) is 11.2 Å². The molecule has 31 heavy (non-hydrogen) atoms. The van der Waals surface area contributed by atoms with E-state index < -0.39 is 23.7 Å². The number of carboxylic acid groups (broad SMARTS) is 1. The van der Waals surface area contributed by atoms with Gasteiger partial charge in [-0.1, -0.05) is 35.9 Å². The smallest absolute Gasteiger partial charge is 0.326 e. The number of carbonyl (C=O) groups is 2. The maximum Gasteiger partial charge on any atom is 0.326 e. The number of hydrogen-bond acceptors (Lipinski definition) is 3. The highest BCUT2D eigenvalue weighted by atomic mass is 35.5. The number of imidazole rings is 1. The molecule has 0 radical (unpaired) electrons. The molecular formula is C23H17ClFN3O3. The summed E-state index contributed by atoms with van der Waals surface area (Å²) in [5.74, 6) is -2.21. The Kier molecular flexibility index (Phi) is 5.68. The van der Waals surface area contributed by atoms with Crippen molar-refractivity contribution in [2.45, 2.75) is 12.5 Å². The second kappa shape index (κ2) is 8.57. The van der Waals surface area contributed by atoms with E-state index in [9.17, 15) is 19.1 Å². The minimum Gasteiger partial charge on any atom is -0.480 e. The molecule has 2 heterocycles. The number of nitrogens with zero attached hydrogens (tertiary/aromatic N) is 2. The van der Waals surface area contributed by atoms with Gasteiger partial charge in [-0.15, -0.1) is 0 Å². The van der Waals surface area contributed by atoms with Crippen LogP contribution in [0.15, 0.2) is 73.1 Å². The van der Waals surface area contributed by atoms with Gasteiger partial charge in [0, 0.05) is 23.8 Å². The zero-order valence-corrected chi connectivity index (χ0v) is 16.9. The van der Waals surface area contributed by atoms with Crippen LogP contribution in [0.25, 0.3) is 16.8 Å². The van der Waals surface area contributed by atoms with Crippen LogP contribution in [-0.4, -0.2) is 32.4 Å². The number of amides is 1. The van der Waals surface area contributed by atoms with Crippen LogP contribution in [0, 0.1) is 5.82 Å². The van der Waals surface area contributed by atoms with Gasteiger partial charge in [-0.05, 0) is 53.1 Å². The van der Waals surface area contributed by atoms with Gasteiger partial charge < -0.3 is 14.8 Å². The molecule has 0 spiro atoms. The third-order valence-electron chi connectivity index (χ3n) is 4.82. The van der Waals surface area contributed by atoms with Crippen LogP contribution in [0.1, 0.15) is 16.1 Å². The Morgan fingerprint density at radius 2 is 1.68 bits per heavy atom. The number of pyridine rings is 1. The fraction of sp³-hybridized carbons (Fsp3) is 0.0870. The molecule has 0 bridgehead atoms. The zero-order chi connectivity index (χ0) is 22.0. The maximum atomic E-state index is 13.1. The van der Waals surface area contributed by atoms with Gasteiger partial charge in [0.15, 0.2) is 0 Å². The lowest BCUT2D eigenvalue weighted by Crippen LogP contribution is -2.42. The predicted octanol–water partition coefficient (Wildman–Crippen LogP) is 4.22. The molecule has 0 aliphatic carbocycles. The Morgan fingerprint density at radius 1 is 1.00 bits per heavy atom. The molecule has 0 saturated heterocycles. The predicted molar refractivity (Wildman–Crippen MR) is 115 cm³/mol. The molecule has 1 amide bonds. The van der Waals surface area contributed by atoms with Gasteiger partial charge in [0.1, 0.15) is 23.2 Å². The van der Waals surface area contributed by atoms with E-state index in [0.29, 0.717) is 16.2 Å². The fourth-order valence-electron chi connectivity index (χ4n) is 3.20. The van der Waals surface area contributed by atoms with Gasteiger partial charge in [-0.25, -0.2) is 14.2 Å². The van der Waals surface area contributed by atoms with E-state index in [1.807, 2.05) is 24.4 Å². The van der Waals surface area contributed by atoms with Gasteiger partial charge >= 0.3 is 5.97 Å². The van der Waals surface area contributed by atoms with Gasteiger partial charge in [0.05, 0.1) is 0 Å². The van der Waals surface area contributed by atoms with Crippen molar-refractivity contribution >= 4 is 29.1 Å². The first-order valence-corrected chi connectivity index (χ1v) is 9.79. The molecule has 0 unspecified atom stereocenters. The number of aliphatic carboxylic acids is 1. The van der Waals surface area contributed by atoms with Crippen molar-refractivity contribution in [2.75, 3.05) is 0 Å². The summed E-state index contributed by atoms with van der Waals surface area (Å²) in [7, 11) is 0. The van der Waals surface area contributed by atoms with Gasteiger partial charge in [-0.2, -0.15) is 0 Å². The van der Waals surface area contributed by atoms with Crippen molar-refractivity contribution in [3.63, 3.8) is 0 Å². The number of hydrogen-bond donors (Lipinski definition) is 2. The normalized spacial score (nSPS) is 11.9. The molecular weight excluding hydrogens is 421 g/mol. The SMILES string of the molecule is O=C(N[C@@H](Cc1ccc(F)cc1)C(=O)O)c1cn2cc(-c3ccc(Cl)cc3)ccc2n1. The van der Waals surface area contributed by atoms with E-state index in [0.717, 1.165) is 11.1 Å². The van der Waals surface area contributed by atoms with Crippen LogP contribution >= 0.6 is 11.6 Å². The first-order valence-electron chi connectivity index (χ1n) is 9.42. The number of halogens is 2. The summed E-state index contributed by atoms with van der Waals surface area (Å²) in [4.78, 5) is 28.5. The van der Waals surface area contributed by atoms with Crippen LogP contribution < -0.4 is 5.32 Å². The first kappa shape index (κ1) is 20.6. The summed E-state index contributed by atoms with van der Waals surface area (Å²) in [6.07, 6.45) is 3.39. The maximum absolute atomic E-state index is 13.1. The zero-order valence-electron chi connectivity index (χ0n) is 16.1. The summed E-state index contributed by atoms with van der Waals surface area (Å²) in [6.45, 7) is 0. The van der Waals surface area contributed by atoms with Crippen LogP contribution in [0.5, 0.6) is 0 Å². The molecule has 4 aromatic rings. The van der Waals surface area contributed by atoms with Gasteiger partial charge in [0.25, 0.3) is 5.91 Å². The molecule has 4 rings (SSSR count). The standard InChI is InChI=1S/C23H17ClFN3O3/c24-17-6-3-15(4-7-17)16-5-10-21-26-20(13-28(21)12-16)22(29)27-19(23(30)31)11-14-1-8-18(25)9-2-14/h1-10,12-13,19H,11H2,(H,27,29)(H,30,31)/t19-/m0/s1. The van der Waals surface area contributed by atoms with E-state index in [2.05, 4.69) is 10.3 Å². The minimum atomic E-state index is -1.19. The average Bonchev–Trinajstić information content (AvgIpc) is 3.19. The Balaban J connectivity index is 1.54. The molecule has 0 fully saturated rings. The minimum absolute atomic E-state index is 0.0233. The molecule has 156 valence electrons. The van der Waals surface area contributed by atoms with E-state index in [1.54, 1.807) is 28.8 Å². The van der Waals surface area contributed by atoms with Crippen molar-refractivity contribution in [3.8, 4) is 11.1 Å². The van der Waals surface area contributed by atoms with E-state index >= 15 is 0 Å². The van der Waals surface area contributed by atoms with Crippen molar-refractivity contribution < 1.29 is 19.1 Å². The second-order valence-electron chi connectivity index (χ2n) is 7.01. The van der Waals surface area contributed by atoms with Gasteiger partial charge in [0.2, 0.25) is 0 Å². The van der Waals surface area contributed by atoms with E-state index in [-0.39, 0.29) is 12.1 Å². The number of nitrogens with one attached hydrogen (secondary N) is 1. The highest BCUT2D eigenvalue weighted by Gasteiger charge is 2.22. The van der Waals surface area contributed by atoms with Crippen LogP contribution in [0.2, 0.25) is 5.02 Å². The molecule has 1 atom stereocenters. The topological polar surface area (TPSA) is 83.7 Å². The summed E-state index contributed by atoms with van der Waals surface area (Å²) in [5, 5.41) is 12.6. The summed E-state index contributed by atoms with van der Waals surface area (Å²) in [5.41, 5.74) is 3.10. The molecule has 8 heteroatoms. The van der Waals surface area contributed by atoms with Gasteiger partial charge in [-0.3, -0.25) is 4.79 Å². The van der Waals surface area contributed by atoms with Crippen molar-refractivity contribution in [1.29, 1.82) is 0 Å². The number of carbonyl (C=O) groups excluding carboxylic acids is 1. The molecule has 2 aromatic carbocycles. The molecule has 2 N–H and O–H groups in total. The lowest BCUT2D eigenvalue weighted by Gasteiger charge is -2.13. The Hall–Kier alpha value is -3.71. The highest BCUT2D eigenvalue weighted by Crippen LogP contribution is 2.22. The third-order valence-corrected chi connectivity index (χ3v) is 5.07. The van der Waals surface area contributed by atoms with Crippen molar-refractivity contribution in [1.82, 2.24) is 14.7 Å². The molecule has 0 saturated carbocycles. The number of aromatic nitrogens is 2. The monoisotopic (exact) mass is 437 g/mol. The number of fused-ring (bicyclic) bond motifs is 1. The lowest BCUT2D eigenvalue weighted by molar-refractivity contribution is -0.139. The quantitative estimate of drug-likeness (QED) is 0.473. The largest absolute Gasteiger partial charge is 0.480 e. The summed E-state index contributed by atoms with van der Waals surface area (Å²) < 4.78 is 14.8. The second-order valence-corrected chi connectivity index (χ2v) is 7.45. The van der Waals surface area contributed by atoms with E-state index in [4.69, 9.17) is 11.6 Å². The first-order chi connectivity index (χ1) is 14.9. The molecule has 6 nitrogen and oxygen atoms in total.